The van der Waals surface area contributed by atoms with Crippen LogP contribution in [0, 0.1) is 0 Å². The second kappa shape index (κ2) is 8.98. The van der Waals surface area contributed by atoms with Gasteiger partial charge in [0.1, 0.15) is 20.6 Å². The molecule has 0 saturated heterocycles. The SMILES string of the molecule is CCOc1ccc(-c2ncc(-c3cccc4c3CC[C@@H]4NCCS(C)(=O)=O)s2)cc1N. The molecule has 0 spiro atoms. The average molecular weight is 458 g/mol. The van der Waals surface area contributed by atoms with Crippen LogP contribution in [0.3, 0.4) is 0 Å². The van der Waals surface area contributed by atoms with E-state index < -0.39 is 9.84 Å². The molecule has 0 saturated carbocycles. The van der Waals surface area contributed by atoms with E-state index in [-0.39, 0.29) is 11.8 Å². The highest BCUT2D eigenvalue weighted by atomic mass is 32.2. The minimum atomic E-state index is -2.96. The molecule has 1 heterocycles. The predicted octanol–water partition coefficient (Wildman–Crippen LogP) is 4.08. The highest BCUT2D eigenvalue weighted by molar-refractivity contribution is 7.90. The first kappa shape index (κ1) is 21.8. The quantitative estimate of drug-likeness (QED) is 0.495. The van der Waals surface area contributed by atoms with E-state index in [4.69, 9.17) is 10.5 Å². The number of hydrogen-bond acceptors (Lipinski definition) is 7. The number of hydrogen-bond donors (Lipinski definition) is 2. The topological polar surface area (TPSA) is 94.3 Å². The van der Waals surface area contributed by atoms with E-state index in [9.17, 15) is 8.42 Å². The second-order valence-electron chi connectivity index (χ2n) is 7.76. The van der Waals surface area contributed by atoms with Crippen molar-refractivity contribution in [1.29, 1.82) is 0 Å². The van der Waals surface area contributed by atoms with Gasteiger partial charge in [-0.05, 0) is 54.7 Å². The molecule has 3 aromatic rings. The third kappa shape index (κ3) is 4.92. The van der Waals surface area contributed by atoms with Crippen molar-refractivity contribution in [3.8, 4) is 26.8 Å². The highest BCUT2D eigenvalue weighted by Crippen LogP contribution is 2.41. The van der Waals surface area contributed by atoms with Crippen LogP contribution in [0.2, 0.25) is 0 Å². The Morgan fingerprint density at radius 2 is 2.13 bits per heavy atom. The van der Waals surface area contributed by atoms with E-state index in [2.05, 4.69) is 28.5 Å². The third-order valence-corrected chi connectivity index (χ3v) is 7.49. The summed E-state index contributed by atoms with van der Waals surface area (Å²) in [5.74, 6) is 0.848. The minimum absolute atomic E-state index is 0.155. The summed E-state index contributed by atoms with van der Waals surface area (Å²) in [5, 5.41) is 4.33. The fraction of sp³-hybridized carbons (Fsp3) is 0.348. The summed E-state index contributed by atoms with van der Waals surface area (Å²) in [5.41, 5.74) is 11.5. The number of aromatic nitrogens is 1. The van der Waals surface area contributed by atoms with Gasteiger partial charge in [-0.1, -0.05) is 18.2 Å². The number of sulfone groups is 1. The van der Waals surface area contributed by atoms with Gasteiger partial charge in [-0.15, -0.1) is 11.3 Å². The molecule has 1 aliphatic carbocycles. The Kier molecular flexibility index (Phi) is 6.31. The van der Waals surface area contributed by atoms with Crippen molar-refractivity contribution >= 4 is 26.9 Å². The zero-order valence-electron chi connectivity index (χ0n) is 17.7. The molecule has 0 fully saturated rings. The molecule has 1 aromatic heterocycles. The van der Waals surface area contributed by atoms with Crippen LogP contribution < -0.4 is 15.8 Å². The van der Waals surface area contributed by atoms with Crippen LogP contribution in [0.5, 0.6) is 5.75 Å². The van der Waals surface area contributed by atoms with Crippen molar-refractivity contribution in [3.63, 3.8) is 0 Å². The molecule has 3 N–H and O–H groups in total. The Morgan fingerprint density at radius 1 is 1.29 bits per heavy atom. The molecule has 0 unspecified atom stereocenters. The van der Waals surface area contributed by atoms with E-state index in [1.165, 1.54) is 22.9 Å². The molecule has 1 aliphatic rings. The number of nitrogens with two attached hydrogens (primary N) is 1. The van der Waals surface area contributed by atoms with E-state index in [0.29, 0.717) is 24.6 Å². The molecule has 4 rings (SSSR count). The Labute approximate surface area is 187 Å². The number of nitrogen functional groups attached to an aromatic ring is 1. The molecule has 0 radical (unpaired) electrons. The Hall–Kier alpha value is -2.42. The highest BCUT2D eigenvalue weighted by Gasteiger charge is 2.25. The molecular formula is C23H27N3O3S2. The van der Waals surface area contributed by atoms with Crippen LogP contribution in [-0.2, 0) is 16.3 Å². The summed E-state index contributed by atoms with van der Waals surface area (Å²) in [7, 11) is -2.96. The van der Waals surface area contributed by atoms with E-state index >= 15 is 0 Å². The van der Waals surface area contributed by atoms with Gasteiger partial charge in [-0.25, -0.2) is 13.4 Å². The monoisotopic (exact) mass is 457 g/mol. The van der Waals surface area contributed by atoms with Gasteiger partial charge in [0.05, 0.1) is 22.9 Å². The van der Waals surface area contributed by atoms with Gasteiger partial charge in [0.15, 0.2) is 0 Å². The lowest BCUT2D eigenvalue weighted by molar-refractivity contribution is 0.342. The van der Waals surface area contributed by atoms with Gasteiger partial charge < -0.3 is 15.8 Å². The number of fused-ring (bicyclic) bond motifs is 1. The van der Waals surface area contributed by atoms with Gasteiger partial charge in [-0.2, -0.15) is 0 Å². The van der Waals surface area contributed by atoms with Crippen molar-refractivity contribution < 1.29 is 13.2 Å². The Balaban J connectivity index is 1.56. The molecule has 164 valence electrons. The number of rotatable bonds is 8. The summed E-state index contributed by atoms with van der Waals surface area (Å²) in [4.78, 5) is 5.76. The summed E-state index contributed by atoms with van der Waals surface area (Å²) >= 11 is 1.65. The average Bonchev–Trinajstić information content (AvgIpc) is 3.36. The molecule has 0 bridgehead atoms. The summed E-state index contributed by atoms with van der Waals surface area (Å²) in [6.45, 7) is 2.98. The molecule has 2 aromatic carbocycles. The summed E-state index contributed by atoms with van der Waals surface area (Å²) in [6.07, 6.45) is 5.13. The lowest BCUT2D eigenvalue weighted by Gasteiger charge is -2.14. The van der Waals surface area contributed by atoms with E-state index in [0.717, 1.165) is 28.3 Å². The fourth-order valence-corrected chi connectivity index (χ4v) is 5.47. The van der Waals surface area contributed by atoms with Crippen LogP contribution in [0.4, 0.5) is 5.69 Å². The normalized spacial score (nSPS) is 15.7. The first-order valence-corrected chi connectivity index (χ1v) is 13.2. The molecule has 8 heteroatoms. The fourth-order valence-electron chi connectivity index (χ4n) is 4.02. The summed E-state index contributed by atoms with van der Waals surface area (Å²) < 4.78 is 28.4. The van der Waals surface area contributed by atoms with Crippen LogP contribution in [0.1, 0.15) is 30.5 Å². The third-order valence-electron chi connectivity index (χ3n) is 5.46. The zero-order chi connectivity index (χ0) is 22.0. The summed E-state index contributed by atoms with van der Waals surface area (Å²) in [6, 6.07) is 12.3. The van der Waals surface area contributed by atoms with Crippen LogP contribution in [-0.4, -0.2) is 38.6 Å². The van der Waals surface area contributed by atoms with Crippen LogP contribution >= 0.6 is 11.3 Å². The van der Waals surface area contributed by atoms with Crippen molar-refractivity contribution in [2.24, 2.45) is 0 Å². The van der Waals surface area contributed by atoms with Crippen LogP contribution in [0.15, 0.2) is 42.6 Å². The van der Waals surface area contributed by atoms with Crippen molar-refractivity contribution in [1.82, 2.24) is 10.3 Å². The Morgan fingerprint density at radius 3 is 2.87 bits per heavy atom. The second-order valence-corrected chi connectivity index (χ2v) is 11.1. The lowest BCUT2D eigenvalue weighted by Crippen LogP contribution is -2.25. The maximum Gasteiger partial charge on any atom is 0.148 e. The Bertz CT molecular complexity index is 1190. The standard InChI is InChI=1S/C23H27N3O3S2/c1-3-29-21-10-7-15(13-19(21)24)23-26-14-22(30-23)18-6-4-5-17-16(18)8-9-20(17)25-11-12-31(2,27)28/h4-7,10,13-14,20,25H,3,8-9,11-12,24H2,1-2H3/t20-/m0/s1. The van der Waals surface area contributed by atoms with Gasteiger partial charge in [-0.3, -0.25) is 0 Å². The van der Waals surface area contributed by atoms with Gasteiger partial charge >= 0.3 is 0 Å². The maximum absolute atomic E-state index is 11.4. The maximum atomic E-state index is 11.4. The molecule has 31 heavy (non-hydrogen) atoms. The van der Waals surface area contributed by atoms with Gasteiger partial charge in [0, 0.05) is 30.6 Å². The number of benzene rings is 2. The van der Waals surface area contributed by atoms with Crippen molar-refractivity contribution in [2.45, 2.75) is 25.8 Å². The number of nitrogens with one attached hydrogen (secondary N) is 1. The number of anilines is 1. The van der Waals surface area contributed by atoms with Crippen molar-refractivity contribution in [3.05, 3.63) is 53.7 Å². The molecule has 6 nitrogen and oxygen atoms in total. The zero-order valence-corrected chi connectivity index (χ0v) is 19.4. The smallest absolute Gasteiger partial charge is 0.148 e. The molecular weight excluding hydrogens is 430 g/mol. The molecule has 1 atom stereocenters. The van der Waals surface area contributed by atoms with Gasteiger partial charge in [0.25, 0.3) is 0 Å². The molecule has 0 aliphatic heterocycles. The number of thiazole rings is 1. The number of nitrogens with zero attached hydrogens (tertiary/aromatic N) is 1. The van der Waals surface area contributed by atoms with Gasteiger partial charge in [0.2, 0.25) is 0 Å². The largest absolute Gasteiger partial charge is 0.492 e. The number of ether oxygens (including phenoxy) is 1. The van der Waals surface area contributed by atoms with E-state index in [1.807, 2.05) is 31.3 Å². The predicted molar refractivity (Wildman–Crippen MR) is 127 cm³/mol. The minimum Gasteiger partial charge on any atom is -0.492 e. The van der Waals surface area contributed by atoms with E-state index in [1.54, 1.807) is 11.3 Å². The first-order valence-electron chi connectivity index (χ1n) is 10.4. The molecule has 0 amide bonds. The van der Waals surface area contributed by atoms with Crippen LogP contribution in [0.25, 0.3) is 21.0 Å². The van der Waals surface area contributed by atoms with Crippen molar-refractivity contribution in [2.75, 3.05) is 30.9 Å². The lowest BCUT2D eigenvalue weighted by atomic mass is 10.0. The first-order chi connectivity index (χ1) is 14.9.